The number of nitrogens with one attached hydrogen (secondary N) is 2. The predicted octanol–water partition coefficient (Wildman–Crippen LogP) is 4.88. The molecule has 3 rings (SSSR count). The maximum atomic E-state index is 11.6. The summed E-state index contributed by atoms with van der Waals surface area (Å²) in [7, 11) is 0. The van der Waals surface area contributed by atoms with Gasteiger partial charge < -0.3 is 10.6 Å². The van der Waals surface area contributed by atoms with E-state index in [0.29, 0.717) is 21.6 Å². The van der Waals surface area contributed by atoms with E-state index >= 15 is 0 Å². The Labute approximate surface area is 158 Å². The third-order valence-electron chi connectivity index (χ3n) is 3.35. The van der Waals surface area contributed by atoms with Gasteiger partial charge in [0.2, 0.25) is 11.6 Å². The highest BCUT2D eigenvalue weighted by Crippen LogP contribution is 2.35. The second-order valence-corrected chi connectivity index (χ2v) is 6.11. The monoisotopic (exact) mass is 390 g/mol. The van der Waals surface area contributed by atoms with Crippen LogP contribution in [0, 0.1) is 17.0 Å². The molecule has 0 unspecified atom stereocenters. The van der Waals surface area contributed by atoms with Gasteiger partial charge in [-0.2, -0.15) is 0 Å². The van der Waals surface area contributed by atoms with Crippen molar-refractivity contribution < 1.29 is 4.92 Å². The van der Waals surface area contributed by atoms with Crippen molar-refractivity contribution in [3.8, 4) is 0 Å². The van der Waals surface area contributed by atoms with Crippen LogP contribution in [0.25, 0.3) is 0 Å². The molecule has 10 heteroatoms. The Bertz CT molecular complexity index is 983. The number of hydrogen-bond acceptors (Lipinski definition) is 7. The second-order valence-electron chi connectivity index (χ2n) is 5.27. The summed E-state index contributed by atoms with van der Waals surface area (Å²) >= 11 is 12.1. The number of hydrogen-bond donors (Lipinski definition) is 2. The van der Waals surface area contributed by atoms with Crippen molar-refractivity contribution in [3.63, 3.8) is 0 Å². The van der Waals surface area contributed by atoms with E-state index in [1.54, 1.807) is 30.5 Å². The Balaban J connectivity index is 2.01. The molecule has 2 N–H and O–H groups in total. The number of nitrogens with zero attached hydrogens (tertiary/aromatic N) is 4. The first-order chi connectivity index (χ1) is 12.4. The van der Waals surface area contributed by atoms with Gasteiger partial charge in [-0.15, -0.1) is 0 Å². The molecule has 0 aliphatic rings. The zero-order valence-electron chi connectivity index (χ0n) is 13.4. The Hall–Kier alpha value is -2.97. The van der Waals surface area contributed by atoms with Gasteiger partial charge >= 0.3 is 5.69 Å². The number of nitro groups is 1. The van der Waals surface area contributed by atoms with Crippen molar-refractivity contribution in [2.24, 2.45) is 0 Å². The minimum atomic E-state index is -0.584. The molecule has 0 saturated heterocycles. The van der Waals surface area contributed by atoms with E-state index in [4.69, 9.17) is 23.2 Å². The molecule has 132 valence electrons. The molecular weight excluding hydrogens is 379 g/mol. The maximum absolute atomic E-state index is 11.6. The van der Waals surface area contributed by atoms with E-state index in [-0.39, 0.29) is 17.3 Å². The van der Waals surface area contributed by atoms with Gasteiger partial charge in [0.25, 0.3) is 0 Å². The van der Waals surface area contributed by atoms with Crippen LogP contribution < -0.4 is 10.6 Å². The normalized spacial score (nSPS) is 10.4. The first-order valence-corrected chi connectivity index (χ1v) is 8.11. The number of benzene rings is 1. The quantitative estimate of drug-likeness (QED) is 0.472. The second kappa shape index (κ2) is 7.51. The number of rotatable bonds is 5. The van der Waals surface area contributed by atoms with Gasteiger partial charge in [-0.3, -0.25) is 10.1 Å². The molecule has 2 aromatic heterocycles. The topological polar surface area (TPSA) is 106 Å². The first-order valence-electron chi connectivity index (χ1n) is 7.35. The van der Waals surface area contributed by atoms with Gasteiger partial charge in [0.1, 0.15) is 12.1 Å². The van der Waals surface area contributed by atoms with Crippen LogP contribution in [0.15, 0.2) is 42.9 Å². The van der Waals surface area contributed by atoms with Gasteiger partial charge in [-0.05, 0) is 42.8 Å². The highest BCUT2D eigenvalue weighted by molar-refractivity contribution is 6.35. The zero-order valence-corrected chi connectivity index (χ0v) is 14.9. The van der Waals surface area contributed by atoms with Crippen molar-refractivity contribution in [2.75, 3.05) is 10.6 Å². The van der Waals surface area contributed by atoms with Gasteiger partial charge in [0.05, 0.1) is 15.6 Å². The number of aromatic nitrogens is 3. The third-order valence-corrected chi connectivity index (χ3v) is 3.91. The van der Waals surface area contributed by atoms with Crippen molar-refractivity contribution in [1.82, 2.24) is 15.0 Å². The van der Waals surface area contributed by atoms with E-state index in [1.807, 2.05) is 13.0 Å². The summed E-state index contributed by atoms with van der Waals surface area (Å²) in [6.07, 6.45) is 2.79. The fourth-order valence-electron chi connectivity index (χ4n) is 2.18. The number of halogens is 2. The van der Waals surface area contributed by atoms with Gasteiger partial charge in [-0.25, -0.2) is 15.0 Å². The molecular formula is C16H12Cl2N6O2. The lowest BCUT2D eigenvalue weighted by atomic mass is 10.3. The summed E-state index contributed by atoms with van der Waals surface area (Å²) in [4.78, 5) is 23.1. The molecule has 3 aromatic rings. The molecule has 0 saturated carbocycles. The van der Waals surface area contributed by atoms with Gasteiger partial charge in [-0.1, -0.05) is 23.2 Å². The molecule has 0 radical (unpaired) electrons. The van der Waals surface area contributed by atoms with Crippen molar-refractivity contribution >= 4 is 52.0 Å². The summed E-state index contributed by atoms with van der Waals surface area (Å²) in [5, 5.41) is 18.1. The van der Waals surface area contributed by atoms with Crippen LogP contribution >= 0.6 is 23.2 Å². The van der Waals surface area contributed by atoms with Crippen LogP contribution in [0.2, 0.25) is 10.0 Å². The molecule has 0 aliphatic heterocycles. The smallest absolute Gasteiger partial charge is 0.333 e. The Morgan fingerprint density at radius 3 is 2.46 bits per heavy atom. The number of anilines is 4. The fraction of sp³-hybridized carbons (Fsp3) is 0.0625. The molecule has 0 amide bonds. The fourth-order valence-corrected chi connectivity index (χ4v) is 2.52. The molecule has 0 bridgehead atoms. The van der Waals surface area contributed by atoms with Crippen molar-refractivity contribution in [1.29, 1.82) is 0 Å². The summed E-state index contributed by atoms with van der Waals surface area (Å²) in [5.41, 5.74) is 0.996. The lowest BCUT2D eigenvalue weighted by Crippen LogP contribution is -2.06. The summed E-state index contributed by atoms with van der Waals surface area (Å²) < 4.78 is 0. The number of pyridine rings is 1. The molecule has 1 aromatic carbocycles. The molecule has 0 spiro atoms. The van der Waals surface area contributed by atoms with Crippen LogP contribution in [0.3, 0.4) is 0 Å². The van der Waals surface area contributed by atoms with Crippen LogP contribution in [-0.4, -0.2) is 19.9 Å². The van der Waals surface area contributed by atoms with Crippen molar-refractivity contribution in [2.45, 2.75) is 6.92 Å². The average Bonchev–Trinajstić information content (AvgIpc) is 2.58. The third kappa shape index (κ3) is 3.98. The highest BCUT2D eigenvalue weighted by atomic mass is 35.5. The zero-order chi connectivity index (χ0) is 18.7. The highest BCUT2D eigenvalue weighted by Gasteiger charge is 2.24. The molecule has 0 atom stereocenters. The van der Waals surface area contributed by atoms with E-state index in [0.717, 1.165) is 5.56 Å². The molecule has 0 aliphatic carbocycles. The van der Waals surface area contributed by atoms with Gasteiger partial charge in [0, 0.05) is 11.2 Å². The van der Waals surface area contributed by atoms with E-state index < -0.39 is 4.92 Å². The maximum Gasteiger partial charge on any atom is 0.353 e. The van der Waals surface area contributed by atoms with Crippen LogP contribution in [-0.2, 0) is 0 Å². The summed E-state index contributed by atoms with van der Waals surface area (Å²) in [6, 6.07) is 8.29. The Kier molecular flexibility index (Phi) is 5.15. The summed E-state index contributed by atoms with van der Waals surface area (Å²) in [5.74, 6) is 0.409. The van der Waals surface area contributed by atoms with E-state index in [2.05, 4.69) is 25.6 Å². The lowest BCUT2D eigenvalue weighted by molar-refractivity contribution is -0.383. The predicted molar refractivity (Wildman–Crippen MR) is 101 cm³/mol. The minimum Gasteiger partial charge on any atom is -0.333 e. The Morgan fingerprint density at radius 2 is 1.77 bits per heavy atom. The lowest BCUT2D eigenvalue weighted by Gasteiger charge is -2.11. The Morgan fingerprint density at radius 1 is 1.04 bits per heavy atom. The van der Waals surface area contributed by atoms with Crippen LogP contribution in [0.1, 0.15) is 5.56 Å². The standard InChI is InChI=1S/C16H12Cl2N6O2/c1-9-4-5-19-13(6-9)23-16-14(24(25)26)15(20-8-21-16)22-12-7-10(17)2-3-11(12)18/h2-8H,1H3,(H2,19,20,21,22,23). The SMILES string of the molecule is Cc1ccnc(Nc2ncnc(Nc3cc(Cl)ccc3Cl)c2[N+](=O)[O-])c1. The van der Waals surface area contributed by atoms with Crippen LogP contribution in [0.4, 0.5) is 28.8 Å². The number of aryl methyl sites for hydroxylation is 1. The summed E-state index contributed by atoms with van der Waals surface area (Å²) in [6.45, 7) is 1.88. The minimum absolute atomic E-state index is 0.00347. The molecule has 26 heavy (non-hydrogen) atoms. The average molecular weight is 391 g/mol. The molecule has 0 fully saturated rings. The van der Waals surface area contributed by atoms with E-state index in [1.165, 1.54) is 6.33 Å². The first kappa shape index (κ1) is 17.8. The molecule has 2 heterocycles. The van der Waals surface area contributed by atoms with E-state index in [9.17, 15) is 10.1 Å². The van der Waals surface area contributed by atoms with Gasteiger partial charge in [0.15, 0.2) is 0 Å². The largest absolute Gasteiger partial charge is 0.353 e. The van der Waals surface area contributed by atoms with Crippen LogP contribution in [0.5, 0.6) is 0 Å². The van der Waals surface area contributed by atoms with Crippen molar-refractivity contribution in [3.05, 3.63) is 68.6 Å². The molecule has 8 nitrogen and oxygen atoms in total.